The van der Waals surface area contributed by atoms with Crippen molar-refractivity contribution in [3.8, 4) is 0 Å². The van der Waals surface area contributed by atoms with Gasteiger partial charge in [0.1, 0.15) is 0 Å². The minimum absolute atomic E-state index is 0.141. The molecular formula is C16H16Cl2N2O4. The third-order valence-corrected chi connectivity index (χ3v) is 3.85. The Balaban J connectivity index is 2.29. The van der Waals surface area contributed by atoms with Crippen molar-refractivity contribution in [1.29, 1.82) is 0 Å². The van der Waals surface area contributed by atoms with Gasteiger partial charge in [-0.15, -0.1) is 0 Å². The van der Waals surface area contributed by atoms with Gasteiger partial charge in [0, 0.05) is 27.9 Å². The lowest BCUT2D eigenvalue weighted by atomic mass is 9.89. The number of rotatable bonds is 4. The highest BCUT2D eigenvalue weighted by molar-refractivity contribution is 6.35. The number of ether oxygens (including phenoxy) is 1. The molecule has 1 aromatic rings. The number of allylic oxidation sites excluding steroid dienone is 1. The Morgan fingerprint density at radius 1 is 1.29 bits per heavy atom. The SMILES string of the molecule is CCOC(=O)C1=C(C)NC(=O)C[C@H]1C(=O)Nc1cc(Cl)cc(Cl)c1. The van der Waals surface area contributed by atoms with Crippen molar-refractivity contribution in [2.45, 2.75) is 20.3 Å². The van der Waals surface area contributed by atoms with Crippen LogP contribution in [0.1, 0.15) is 20.3 Å². The molecule has 2 N–H and O–H groups in total. The third-order valence-electron chi connectivity index (χ3n) is 3.41. The molecule has 1 heterocycles. The second-order valence-electron chi connectivity index (χ2n) is 5.21. The van der Waals surface area contributed by atoms with Crippen molar-refractivity contribution in [2.24, 2.45) is 5.92 Å². The average Bonchev–Trinajstić information content (AvgIpc) is 2.45. The summed E-state index contributed by atoms with van der Waals surface area (Å²) in [5.74, 6) is -2.43. The number of hydrogen-bond acceptors (Lipinski definition) is 4. The van der Waals surface area contributed by atoms with Crippen LogP contribution in [0.4, 0.5) is 5.69 Å². The molecule has 24 heavy (non-hydrogen) atoms. The summed E-state index contributed by atoms with van der Waals surface area (Å²) in [5, 5.41) is 5.90. The molecule has 0 aromatic heterocycles. The minimum Gasteiger partial charge on any atom is -0.463 e. The van der Waals surface area contributed by atoms with E-state index in [-0.39, 0.29) is 24.5 Å². The van der Waals surface area contributed by atoms with E-state index >= 15 is 0 Å². The van der Waals surface area contributed by atoms with Gasteiger partial charge >= 0.3 is 5.97 Å². The van der Waals surface area contributed by atoms with Crippen LogP contribution in [0.3, 0.4) is 0 Å². The summed E-state index contributed by atoms with van der Waals surface area (Å²) in [4.78, 5) is 36.5. The molecule has 0 saturated carbocycles. The standard InChI is InChI=1S/C16H16Cl2N2O4/c1-3-24-16(23)14-8(2)19-13(21)7-12(14)15(22)20-11-5-9(17)4-10(18)6-11/h4-6,12H,3,7H2,1-2H3,(H,19,21)(H,20,22)/t12-/m1/s1. The topological polar surface area (TPSA) is 84.5 Å². The number of esters is 1. The molecule has 1 atom stereocenters. The van der Waals surface area contributed by atoms with E-state index in [1.54, 1.807) is 13.8 Å². The average molecular weight is 371 g/mol. The molecule has 2 rings (SSSR count). The molecule has 2 amide bonds. The fourth-order valence-electron chi connectivity index (χ4n) is 2.46. The Kier molecular flexibility index (Phi) is 5.85. The Morgan fingerprint density at radius 3 is 2.50 bits per heavy atom. The number of carbonyl (C=O) groups excluding carboxylic acids is 3. The highest BCUT2D eigenvalue weighted by atomic mass is 35.5. The van der Waals surface area contributed by atoms with Crippen LogP contribution < -0.4 is 10.6 Å². The summed E-state index contributed by atoms with van der Waals surface area (Å²) in [7, 11) is 0. The molecule has 0 spiro atoms. The van der Waals surface area contributed by atoms with E-state index in [2.05, 4.69) is 10.6 Å². The van der Waals surface area contributed by atoms with Gasteiger partial charge in [-0.05, 0) is 32.0 Å². The zero-order chi connectivity index (χ0) is 17.9. The van der Waals surface area contributed by atoms with Crippen LogP contribution in [0.25, 0.3) is 0 Å². The maximum Gasteiger partial charge on any atom is 0.336 e. The van der Waals surface area contributed by atoms with E-state index in [0.29, 0.717) is 21.4 Å². The largest absolute Gasteiger partial charge is 0.463 e. The summed E-state index contributed by atoms with van der Waals surface area (Å²) < 4.78 is 4.99. The van der Waals surface area contributed by atoms with Crippen molar-refractivity contribution >= 4 is 46.7 Å². The summed E-state index contributed by atoms with van der Waals surface area (Å²) >= 11 is 11.8. The molecule has 0 unspecified atom stereocenters. The summed E-state index contributed by atoms with van der Waals surface area (Å²) in [6.07, 6.45) is -0.147. The number of halogens is 2. The lowest BCUT2D eigenvalue weighted by Gasteiger charge is -2.25. The second-order valence-corrected chi connectivity index (χ2v) is 6.08. The third kappa shape index (κ3) is 4.27. The molecule has 8 heteroatoms. The molecule has 128 valence electrons. The van der Waals surface area contributed by atoms with E-state index in [0.717, 1.165) is 0 Å². The molecule has 0 fully saturated rings. The van der Waals surface area contributed by atoms with Gasteiger partial charge in [-0.25, -0.2) is 4.79 Å². The Morgan fingerprint density at radius 2 is 1.92 bits per heavy atom. The van der Waals surface area contributed by atoms with Crippen LogP contribution in [0.2, 0.25) is 10.0 Å². The van der Waals surface area contributed by atoms with E-state index in [9.17, 15) is 14.4 Å². The van der Waals surface area contributed by atoms with Crippen LogP contribution >= 0.6 is 23.2 Å². The predicted molar refractivity (Wildman–Crippen MR) is 90.7 cm³/mol. The van der Waals surface area contributed by atoms with Gasteiger partial charge in [-0.1, -0.05) is 23.2 Å². The molecule has 6 nitrogen and oxygen atoms in total. The lowest BCUT2D eigenvalue weighted by Crippen LogP contribution is -2.40. The first-order valence-corrected chi connectivity index (χ1v) is 8.02. The zero-order valence-corrected chi connectivity index (χ0v) is 14.6. The summed E-state index contributed by atoms with van der Waals surface area (Å²) in [6.45, 7) is 3.39. The fraction of sp³-hybridized carbons (Fsp3) is 0.312. The number of carbonyl (C=O) groups is 3. The van der Waals surface area contributed by atoms with Crippen molar-refractivity contribution < 1.29 is 19.1 Å². The van der Waals surface area contributed by atoms with Crippen LogP contribution in [0, 0.1) is 5.92 Å². The van der Waals surface area contributed by atoms with Crippen LogP contribution in [0.15, 0.2) is 29.5 Å². The highest BCUT2D eigenvalue weighted by Gasteiger charge is 2.36. The predicted octanol–water partition coefficient (Wildman–Crippen LogP) is 2.91. The smallest absolute Gasteiger partial charge is 0.336 e. The molecule has 0 radical (unpaired) electrons. The van der Waals surface area contributed by atoms with Crippen molar-refractivity contribution in [3.05, 3.63) is 39.5 Å². The molecule has 0 saturated heterocycles. The van der Waals surface area contributed by atoms with Crippen LogP contribution in [-0.2, 0) is 19.1 Å². The second kappa shape index (κ2) is 7.68. The van der Waals surface area contributed by atoms with E-state index in [1.807, 2.05) is 0 Å². The number of nitrogens with one attached hydrogen (secondary N) is 2. The van der Waals surface area contributed by atoms with Gasteiger partial charge in [-0.3, -0.25) is 9.59 Å². The van der Waals surface area contributed by atoms with Gasteiger partial charge in [0.2, 0.25) is 11.8 Å². The van der Waals surface area contributed by atoms with Gasteiger partial charge in [-0.2, -0.15) is 0 Å². The van der Waals surface area contributed by atoms with Gasteiger partial charge in [0.25, 0.3) is 0 Å². The van der Waals surface area contributed by atoms with E-state index < -0.39 is 17.8 Å². The lowest BCUT2D eigenvalue weighted by molar-refractivity contribution is -0.141. The number of amides is 2. The Hall–Kier alpha value is -2.05. The summed E-state index contributed by atoms with van der Waals surface area (Å²) in [5.41, 5.74) is 0.834. The van der Waals surface area contributed by atoms with Crippen LogP contribution in [-0.4, -0.2) is 24.4 Å². The molecule has 0 aliphatic carbocycles. The molecule has 1 aromatic carbocycles. The van der Waals surface area contributed by atoms with E-state index in [4.69, 9.17) is 27.9 Å². The van der Waals surface area contributed by atoms with Gasteiger partial charge < -0.3 is 15.4 Å². The van der Waals surface area contributed by atoms with E-state index in [1.165, 1.54) is 18.2 Å². The Bertz CT molecular complexity index is 711. The normalized spacial score (nSPS) is 17.3. The fourth-order valence-corrected chi connectivity index (χ4v) is 2.99. The maximum atomic E-state index is 12.6. The maximum absolute atomic E-state index is 12.6. The van der Waals surface area contributed by atoms with Crippen LogP contribution in [0.5, 0.6) is 0 Å². The highest BCUT2D eigenvalue weighted by Crippen LogP contribution is 2.27. The molecular weight excluding hydrogens is 355 g/mol. The quantitative estimate of drug-likeness (QED) is 0.798. The molecule has 0 bridgehead atoms. The first-order chi connectivity index (χ1) is 11.3. The summed E-state index contributed by atoms with van der Waals surface area (Å²) in [6, 6.07) is 4.57. The number of benzene rings is 1. The molecule has 1 aliphatic heterocycles. The monoisotopic (exact) mass is 370 g/mol. The van der Waals surface area contributed by atoms with Crippen molar-refractivity contribution in [2.75, 3.05) is 11.9 Å². The Labute approximate surface area is 149 Å². The number of hydrogen-bond donors (Lipinski definition) is 2. The number of anilines is 1. The van der Waals surface area contributed by atoms with Crippen molar-refractivity contribution in [1.82, 2.24) is 5.32 Å². The first-order valence-electron chi connectivity index (χ1n) is 7.26. The van der Waals surface area contributed by atoms with Crippen molar-refractivity contribution in [3.63, 3.8) is 0 Å². The minimum atomic E-state index is -0.949. The zero-order valence-electron chi connectivity index (χ0n) is 13.1. The van der Waals surface area contributed by atoms with Gasteiger partial charge in [0.05, 0.1) is 18.1 Å². The van der Waals surface area contributed by atoms with Gasteiger partial charge in [0.15, 0.2) is 0 Å². The first kappa shape index (κ1) is 18.3. The molecule has 1 aliphatic rings.